The average Bonchev–Trinajstić information content (AvgIpc) is 2.02. The molecule has 0 aliphatic carbocycles. The molecule has 0 atom stereocenters. The number of ether oxygens (including phenoxy) is 1. The number of carbonyl (C=O) groups excluding carboxylic acids is 2. The lowest BCUT2D eigenvalue weighted by molar-refractivity contribution is -0.158. The van der Waals surface area contributed by atoms with E-state index in [2.05, 4.69) is 20.7 Å². The number of rotatable bonds is 3. The summed E-state index contributed by atoms with van der Waals surface area (Å²) in [6, 6.07) is 0. The SMILES string of the molecule is CCC=C(C)C(=O)OC(=O)C(C)(C)Br. The molecule has 0 aliphatic rings. The third kappa shape index (κ3) is 4.56. The van der Waals surface area contributed by atoms with Crippen molar-refractivity contribution in [3.63, 3.8) is 0 Å². The fourth-order valence-electron chi connectivity index (χ4n) is 0.676. The van der Waals surface area contributed by atoms with Crippen LogP contribution in [0.15, 0.2) is 11.6 Å². The molecular weight excluding hydrogens is 248 g/mol. The molecule has 0 radical (unpaired) electrons. The normalized spacial score (nSPS) is 12.5. The summed E-state index contributed by atoms with van der Waals surface area (Å²) in [5.41, 5.74) is 0.456. The van der Waals surface area contributed by atoms with Crippen molar-refractivity contribution in [2.45, 2.75) is 38.4 Å². The zero-order chi connectivity index (χ0) is 11.4. The Morgan fingerprint density at radius 3 is 2.29 bits per heavy atom. The Labute approximate surface area is 92.6 Å². The van der Waals surface area contributed by atoms with Crippen LogP contribution in [0.3, 0.4) is 0 Å². The Morgan fingerprint density at radius 1 is 1.43 bits per heavy atom. The van der Waals surface area contributed by atoms with Crippen molar-refractivity contribution in [2.75, 3.05) is 0 Å². The lowest BCUT2D eigenvalue weighted by atomic mass is 10.2. The molecule has 14 heavy (non-hydrogen) atoms. The quantitative estimate of drug-likeness (QED) is 0.340. The van der Waals surface area contributed by atoms with E-state index in [0.29, 0.717) is 5.57 Å². The molecule has 0 aromatic carbocycles. The first-order valence-corrected chi connectivity index (χ1v) is 5.20. The Balaban J connectivity index is 4.35. The molecule has 0 unspecified atom stereocenters. The molecule has 0 saturated carbocycles. The highest BCUT2D eigenvalue weighted by Crippen LogP contribution is 2.18. The summed E-state index contributed by atoms with van der Waals surface area (Å²) >= 11 is 3.11. The van der Waals surface area contributed by atoms with E-state index in [1.807, 2.05) is 6.92 Å². The smallest absolute Gasteiger partial charge is 0.341 e. The van der Waals surface area contributed by atoms with Crippen molar-refractivity contribution >= 4 is 27.9 Å². The van der Waals surface area contributed by atoms with Gasteiger partial charge in [0.2, 0.25) is 0 Å². The van der Waals surface area contributed by atoms with Gasteiger partial charge in [-0.15, -0.1) is 0 Å². The Bertz CT molecular complexity index is 261. The van der Waals surface area contributed by atoms with Crippen LogP contribution in [0.25, 0.3) is 0 Å². The van der Waals surface area contributed by atoms with Gasteiger partial charge in [0.25, 0.3) is 0 Å². The van der Waals surface area contributed by atoms with Gasteiger partial charge in [-0.2, -0.15) is 0 Å². The van der Waals surface area contributed by atoms with Crippen molar-refractivity contribution in [2.24, 2.45) is 0 Å². The molecule has 0 N–H and O–H groups in total. The summed E-state index contributed by atoms with van der Waals surface area (Å²) < 4.78 is 3.81. The Kier molecular flexibility index (Phi) is 5.05. The van der Waals surface area contributed by atoms with Crippen LogP contribution in [-0.2, 0) is 14.3 Å². The Hall–Kier alpha value is -0.640. The van der Waals surface area contributed by atoms with Gasteiger partial charge in [-0.3, -0.25) is 4.79 Å². The van der Waals surface area contributed by atoms with E-state index >= 15 is 0 Å². The number of alkyl halides is 1. The maximum Gasteiger partial charge on any atom is 0.341 e. The third-order valence-electron chi connectivity index (χ3n) is 1.50. The second kappa shape index (κ2) is 5.29. The summed E-state index contributed by atoms with van der Waals surface area (Å²) in [7, 11) is 0. The second-order valence-electron chi connectivity index (χ2n) is 3.44. The van der Waals surface area contributed by atoms with Crippen LogP contribution in [0.4, 0.5) is 0 Å². The van der Waals surface area contributed by atoms with Gasteiger partial charge < -0.3 is 4.74 Å². The van der Waals surface area contributed by atoms with Crippen LogP contribution in [0.5, 0.6) is 0 Å². The molecule has 0 saturated heterocycles. The van der Waals surface area contributed by atoms with Gasteiger partial charge >= 0.3 is 11.9 Å². The standard InChI is InChI=1S/C10H15BrO3/c1-5-6-7(2)8(12)14-9(13)10(3,4)11/h6H,5H2,1-4H3. The predicted molar refractivity (Wildman–Crippen MR) is 58.2 cm³/mol. The minimum atomic E-state index is -0.824. The van der Waals surface area contributed by atoms with Gasteiger partial charge in [0.05, 0.1) is 0 Å². The minimum Gasteiger partial charge on any atom is -0.389 e. The zero-order valence-corrected chi connectivity index (χ0v) is 10.5. The molecule has 0 amide bonds. The van der Waals surface area contributed by atoms with Crippen molar-refractivity contribution in [3.05, 3.63) is 11.6 Å². The maximum absolute atomic E-state index is 11.3. The molecule has 0 aromatic heterocycles. The summed E-state index contributed by atoms with van der Waals surface area (Å²) in [5, 5.41) is 0. The molecule has 0 fully saturated rings. The van der Waals surface area contributed by atoms with E-state index in [4.69, 9.17) is 0 Å². The van der Waals surface area contributed by atoms with Crippen LogP contribution in [0.2, 0.25) is 0 Å². The van der Waals surface area contributed by atoms with Crippen molar-refractivity contribution in [3.8, 4) is 0 Å². The topological polar surface area (TPSA) is 43.4 Å². The van der Waals surface area contributed by atoms with Crippen LogP contribution in [0, 0.1) is 0 Å². The van der Waals surface area contributed by atoms with Crippen LogP contribution in [-0.4, -0.2) is 16.3 Å². The van der Waals surface area contributed by atoms with Crippen molar-refractivity contribution in [1.82, 2.24) is 0 Å². The van der Waals surface area contributed by atoms with Gasteiger partial charge in [-0.05, 0) is 27.2 Å². The lowest BCUT2D eigenvalue weighted by Gasteiger charge is -2.13. The number of hydrogen-bond donors (Lipinski definition) is 0. The number of allylic oxidation sites excluding steroid dienone is 1. The molecular formula is C10H15BrO3. The van der Waals surface area contributed by atoms with E-state index < -0.39 is 16.3 Å². The van der Waals surface area contributed by atoms with Gasteiger partial charge in [0, 0.05) is 5.57 Å². The second-order valence-corrected chi connectivity index (χ2v) is 5.43. The number of esters is 2. The largest absolute Gasteiger partial charge is 0.389 e. The van der Waals surface area contributed by atoms with Crippen molar-refractivity contribution < 1.29 is 14.3 Å². The van der Waals surface area contributed by atoms with Gasteiger partial charge in [-0.25, -0.2) is 4.79 Å². The highest BCUT2D eigenvalue weighted by Gasteiger charge is 2.28. The van der Waals surface area contributed by atoms with Crippen LogP contribution in [0.1, 0.15) is 34.1 Å². The lowest BCUT2D eigenvalue weighted by Crippen LogP contribution is -2.29. The van der Waals surface area contributed by atoms with Gasteiger partial charge in [-0.1, -0.05) is 28.9 Å². The molecule has 0 rings (SSSR count). The fraction of sp³-hybridized carbons (Fsp3) is 0.600. The zero-order valence-electron chi connectivity index (χ0n) is 8.89. The van der Waals surface area contributed by atoms with Crippen molar-refractivity contribution in [1.29, 1.82) is 0 Å². The first-order chi connectivity index (χ1) is 6.29. The molecule has 0 heterocycles. The fourth-order valence-corrected chi connectivity index (χ4v) is 0.756. The maximum atomic E-state index is 11.3. The van der Waals surface area contributed by atoms with E-state index in [-0.39, 0.29) is 0 Å². The summed E-state index contributed by atoms with van der Waals surface area (Å²) in [5.74, 6) is -1.16. The molecule has 0 spiro atoms. The monoisotopic (exact) mass is 262 g/mol. The van der Waals surface area contributed by atoms with Gasteiger partial charge in [0.1, 0.15) is 4.32 Å². The molecule has 80 valence electrons. The first kappa shape index (κ1) is 13.4. The number of halogens is 1. The molecule has 0 aliphatic heterocycles. The summed E-state index contributed by atoms with van der Waals surface area (Å²) in [6.45, 7) is 6.79. The first-order valence-electron chi connectivity index (χ1n) is 4.41. The van der Waals surface area contributed by atoms with E-state index in [1.165, 1.54) is 0 Å². The Morgan fingerprint density at radius 2 is 1.93 bits per heavy atom. The molecule has 0 aromatic rings. The highest BCUT2D eigenvalue weighted by atomic mass is 79.9. The number of carbonyl (C=O) groups is 2. The van der Waals surface area contributed by atoms with E-state index in [1.54, 1.807) is 26.8 Å². The average molecular weight is 263 g/mol. The highest BCUT2D eigenvalue weighted by molar-refractivity contribution is 9.10. The van der Waals surface area contributed by atoms with Crippen LogP contribution < -0.4 is 0 Å². The van der Waals surface area contributed by atoms with E-state index in [0.717, 1.165) is 6.42 Å². The number of hydrogen-bond acceptors (Lipinski definition) is 3. The van der Waals surface area contributed by atoms with Crippen LogP contribution >= 0.6 is 15.9 Å². The summed E-state index contributed by atoms with van der Waals surface area (Å²) in [6.07, 6.45) is 2.46. The van der Waals surface area contributed by atoms with Gasteiger partial charge in [0.15, 0.2) is 0 Å². The minimum absolute atomic E-state index is 0.456. The third-order valence-corrected chi connectivity index (χ3v) is 1.83. The molecule has 4 heteroatoms. The molecule has 0 bridgehead atoms. The van der Waals surface area contributed by atoms with E-state index in [9.17, 15) is 9.59 Å². The predicted octanol–water partition coefficient (Wildman–Crippen LogP) is 2.59. The molecule has 3 nitrogen and oxygen atoms in total. The summed E-state index contributed by atoms with van der Waals surface area (Å²) in [4.78, 5) is 22.5.